The fraction of sp³-hybridized carbons (Fsp3) is 0.296. The van der Waals surface area contributed by atoms with E-state index < -0.39 is 30.0 Å². The van der Waals surface area contributed by atoms with Gasteiger partial charge in [-0.2, -0.15) is 13.2 Å². The van der Waals surface area contributed by atoms with Crippen LogP contribution in [-0.4, -0.2) is 56.0 Å². The van der Waals surface area contributed by atoms with E-state index in [4.69, 9.17) is 6.57 Å². The van der Waals surface area contributed by atoms with Gasteiger partial charge in [-0.15, -0.1) is 16.4 Å². The average Bonchev–Trinajstić information content (AvgIpc) is 3.70. The number of fused-ring (bicyclic) bond motifs is 3. The molecule has 1 N–H and O–H groups in total. The predicted molar refractivity (Wildman–Crippen MR) is 139 cm³/mol. The number of nitrogens with zero attached hydrogens (tertiary/aromatic N) is 5. The van der Waals surface area contributed by atoms with Crippen LogP contribution in [0.1, 0.15) is 28.9 Å². The third kappa shape index (κ3) is 4.28. The van der Waals surface area contributed by atoms with E-state index in [-0.39, 0.29) is 24.1 Å². The van der Waals surface area contributed by atoms with E-state index in [9.17, 15) is 27.2 Å². The van der Waals surface area contributed by atoms with E-state index in [0.717, 1.165) is 11.1 Å². The molecule has 2 aromatic heterocycles. The van der Waals surface area contributed by atoms with Crippen LogP contribution >= 0.6 is 11.3 Å². The molecular formula is C27H20F4N6O2S. The maximum Gasteiger partial charge on any atom is 0.471 e. The fourth-order valence-electron chi connectivity index (χ4n) is 5.71. The van der Waals surface area contributed by atoms with Crippen LogP contribution in [0.15, 0.2) is 42.5 Å². The van der Waals surface area contributed by atoms with Crippen LogP contribution in [-0.2, 0) is 11.8 Å². The lowest BCUT2D eigenvalue weighted by atomic mass is 9.95. The van der Waals surface area contributed by atoms with Crippen molar-refractivity contribution in [2.45, 2.75) is 43.6 Å². The van der Waals surface area contributed by atoms with E-state index >= 15 is 0 Å². The molecule has 0 radical (unpaired) electrons. The molecule has 2 amide bonds. The number of aromatic nitrogens is 3. The molecule has 2 aliphatic rings. The van der Waals surface area contributed by atoms with Crippen LogP contribution in [0, 0.1) is 12.4 Å². The summed E-state index contributed by atoms with van der Waals surface area (Å²) < 4.78 is 54.8. The highest BCUT2D eigenvalue weighted by molar-refractivity contribution is 7.18. The highest BCUT2D eigenvalue weighted by atomic mass is 32.1. The first kappa shape index (κ1) is 25.9. The summed E-state index contributed by atoms with van der Waals surface area (Å²) in [6.45, 7) is 7.14. The van der Waals surface area contributed by atoms with Crippen molar-refractivity contribution in [3.63, 3.8) is 0 Å². The zero-order valence-electron chi connectivity index (χ0n) is 20.9. The molecule has 13 heteroatoms. The second kappa shape index (κ2) is 9.41. The van der Waals surface area contributed by atoms with Crippen LogP contribution in [0.2, 0.25) is 0 Å². The van der Waals surface area contributed by atoms with Gasteiger partial charge in [0.05, 0.1) is 29.0 Å². The minimum absolute atomic E-state index is 0.126. The minimum Gasteiger partial charge on any atom is -0.343 e. The zero-order chi connectivity index (χ0) is 28.3. The first-order valence-corrected chi connectivity index (χ1v) is 13.2. The van der Waals surface area contributed by atoms with Crippen molar-refractivity contribution >= 4 is 39.9 Å². The number of carbonyl (C=O) groups excluding carboxylic acids is 2. The molecule has 4 aromatic rings. The quantitative estimate of drug-likeness (QED) is 0.261. The van der Waals surface area contributed by atoms with Gasteiger partial charge in [0.15, 0.2) is 0 Å². The van der Waals surface area contributed by atoms with Crippen LogP contribution in [0.5, 0.6) is 0 Å². The smallest absolute Gasteiger partial charge is 0.343 e. The number of hydrogen-bond donors (Lipinski definition) is 1. The van der Waals surface area contributed by atoms with Crippen molar-refractivity contribution in [3.05, 3.63) is 64.6 Å². The van der Waals surface area contributed by atoms with Gasteiger partial charge in [0.25, 0.3) is 5.91 Å². The van der Waals surface area contributed by atoms with Crippen molar-refractivity contribution < 1.29 is 27.2 Å². The molecule has 0 aliphatic carbocycles. The average molecular weight is 569 g/mol. The highest BCUT2D eigenvalue weighted by Gasteiger charge is 2.51. The lowest BCUT2D eigenvalue weighted by Crippen LogP contribution is -2.49. The maximum atomic E-state index is 14.6. The SMILES string of the molecule is [C-]#[N+]c1ccc(-c2cc(C(=O)N3C4CCC3C(NC(=O)C(F)(F)F)C4)sc2-c2ccc3c(c2)nnn3C)cc1F. The Morgan fingerprint density at radius 1 is 1.12 bits per heavy atom. The van der Waals surface area contributed by atoms with Gasteiger partial charge in [0, 0.05) is 23.5 Å². The second-order valence-electron chi connectivity index (χ2n) is 9.87. The van der Waals surface area contributed by atoms with E-state index in [1.807, 2.05) is 18.2 Å². The van der Waals surface area contributed by atoms with Crippen molar-refractivity contribution in [1.82, 2.24) is 25.2 Å². The van der Waals surface area contributed by atoms with Gasteiger partial charge in [0.1, 0.15) is 11.3 Å². The summed E-state index contributed by atoms with van der Waals surface area (Å²) in [5.74, 6) is -3.06. The summed E-state index contributed by atoms with van der Waals surface area (Å²) in [4.78, 5) is 31.1. The van der Waals surface area contributed by atoms with Crippen LogP contribution in [0.4, 0.5) is 23.2 Å². The number of alkyl halides is 3. The van der Waals surface area contributed by atoms with Crippen molar-refractivity contribution in [2.75, 3.05) is 0 Å². The number of aryl methyl sites for hydroxylation is 1. The number of hydrogen-bond acceptors (Lipinski definition) is 5. The van der Waals surface area contributed by atoms with Crippen LogP contribution in [0.25, 0.3) is 37.4 Å². The Labute approximate surface area is 229 Å². The van der Waals surface area contributed by atoms with Gasteiger partial charge in [-0.05, 0) is 54.7 Å². The number of halogens is 4. The summed E-state index contributed by atoms with van der Waals surface area (Å²) in [6, 6.07) is 9.75. The maximum absolute atomic E-state index is 14.6. The first-order chi connectivity index (χ1) is 19.0. The molecule has 0 spiro atoms. The number of thiophene rings is 1. The molecule has 2 aliphatic heterocycles. The molecule has 204 valence electrons. The topological polar surface area (TPSA) is 84.5 Å². The van der Waals surface area contributed by atoms with E-state index in [0.29, 0.717) is 39.2 Å². The fourth-order valence-corrected chi connectivity index (χ4v) is 6.83. The molecule has 3 unspecified atom stereocenters. The summed E-state index contributed by atoms with van der Waals surface area (Å²) >= 11 is 1.19. The van der Waals surface area contributed by atoms with E-state index in [2.05, 4.69) is 20.5 Å². The summed E-state index contributed by atoms with van der Waals surface area (Å²) in [5, 5.41) is 10.2. The molecule has 3 atom stereocenters. The lowest BCUT2D eigenvalue weighted by Gasteiger charge is -2.25. The monoisotopic (exact) mass is 568 g/mol. The van der Waals surface area contributed by atoms with Gasteiger partial charge in [-0.1, -0.05) is 23.4 Å². The first-order valence-electron chi connectivity index (χ1n) is 12.4. The normalized spacial score (nSPS) is 20.2. The van der Waals surface area contributed by atoms with E-state index in [1.165, 1.54) is 23.5 Å². The van der Waals surface area contributed by atoms with Crippen LogP contribution in [0.3, 0.4) is 0 Å². The number of benzene rings is 2. The van der Waals surface area contributed by atoms with Crippen molar-refractivity contribution in [1.29, 1.82) is 0 Å². The summed E-state index contributed by atoms with van der Waals surface area (Å²) in [5.41, 5.74) is 3.06. The van der Waals surface area contributed by atoms with Crippen LogP contribution < -0.4 is 5.32 Å². The molecule has 4 heterocycles. The van der Waals surface area contributed by atoms with Gasteiger partial charge in [-0.25, -0.2) is 13.9 Å². The third-order valence-corrected chi connectivity index (χ3v) is 8.71. The number of amides is 2. The summed E-state index contributed by atoms with van der Waals surface area (Å²) in [6.07, 6.45) is -3.64. The van der Waals surface area contributed by atoms with Gasteiger partial charge in [-0.3, -0.25) is 9.59 Å². The molecule has 8 nitrogen and oxygen atoms in total. The largest absolute Gasteiger partial charge is 0.471 e. The Bertz CT molecular complexity index is 1720. The number of nitrogens with one attached hydrogen (secondary N) is 1. The van der Waals surface area contributed by atoms with E-state index in [1.54, 1.807) is 28.8 Å². The molecule has 2 bridgehead atoms. The minimum atomic E-state index is -5.00. The molecule has 40 heavy (non-hydrogen) atoms. The lowest BCUT2D eigenvalue weighted by molar-refractivity contribution is -0.174. The number of carbonyl (C=O) groups is 2. The Kier molecular flexibility index (Phi) is 6.10. The zero-order valence-corrected chi connectivity index (χ0v) is 21.7. The Morgan fingerprint density at radius 2 is 1.90 bits per heavy atom. The standard InChI is InChI=1S/C27H20F4N6O2S/c1-32-18-6-3-13(9-17(18)28)16-12-23(40-24(16)14-4-7-21-20(10-14)34-35-36(21)2)25(38)37-15-5-8-22(37)19(11-15)33-26(39)27(29,30)31/h3-4,6-7,9-10,12,15,19,22H,5,8,11H2,2H3,(H,33,39). The van der Waals surface area contributed by atoms with Gasteiger partial charge < -0.3 is 10.2 Å². The molecule has 2 fully saturated rings. The predicted octanol–water partition coefficient (Wildman–Crippen LogP) is 5.48. The molecular weight excluding hydrogens is 548 g/mol. The molecule has 2 saturated heterocycles. The highest BCUT2D eigenvalue weighted by Crippen LogP contribution is 2.44. The second-order valence-corrected chi connectivity index (χ2v) is 10.9. The number of rotatable bonds is 4. The van der Waals surface area contributed by atoms with Gasteiger partial charge >= 0.3 is 12.1 Å². The van der Waals surface area contributed by atoms with Crippen molar-refractivity contribution in [3.8, 4) is 21.6 Å². The Hall–Kier alpha value is -4.31. The van der Waals surface area contributed by atoms with Crippen molar-refractivity contribution in [2.24, 2.45) is 7.05 Å². The molecule has 6 rings (SSSR count). The van der Waals surface area contributed by atoms with Gasteiger partial charge in [0.2, 0.25) is 5.69 Å². The molecule has 0 saturated carbocycles. The third-order valence-electron chi connectivity index (χ3n) is 7.54. The molecule has 2 aromatic carbocycles. The Balaban J connectivity index is 1.39. The summed E-state index contributed by atoms with van der Waals surface area (Å²) in [7, 11) is 1.76. The Morgan fingerprint density at radius 3 is 2.62 bits per heavy atom.